The number of amides is 2. The van der Waals surface area contributed by atoms with E-state index < -0.39 is 18.2 Å². The van der Waals surface area contributed by atoms with Gasteiger partial charge in [-0.25, -0.2) is 5.43 Å². The first kappa shape index (κ1) is 23.6. The van der Waals surface area contributed by atoms with Crippen LogP contribution in [0.15, 0.2) is 59.7 Å². The van der Waals surface area contributed by atoms with Crippen molar-refractivity contribution in [3.8, 4) is 5.75 Å². The second-order valence-corrected chi connectivity index (χ2v) is 7.86. The van der Waals surface area contributed by atoms with Gasteiger partial charge in [0.25, 0.3) is 0 Å². The van der Waals surface area contributed by atoms with Crippen LogP contribution in [0.25, 0.3) is 10.8 Å². The molecule has 0 bridgehead atoms. The monoisotopic (exact) mass is 471 g/mol. The first-order chi connectivity index (χ1) is 15.5. The first-order valence-electron chi connectivity index (χ1n) is 10.2. The van der Waals surface area contributed by atoms with E-state index in [0.717, 1.165) is 29.2 Å². The minimum Gasteiger partial charge on any atom is -0.493 e. The molecular weight excluding hydrogens is 449 g/mol. The summed E-state index contributed by atoms with van der Waals surface area (Å²) in [7, 11) is 0. The molecule has 8 heteroatoms. The number of hydrogen-bond donors (Lipinski definition) is 2. The number of anilines is 1. The van der Waals surface area contributed by atoms with Crippen molar-refractivity contribution in [3.63, 3.8) is 0 Å². The van der Waals surface area contributed by atoms with Gasteiger partial charge >= 0.3 is 0 Å². The van der Waals surface area contributed by atoms with E-state index >= 15 is 0 Å². The van der Waals surface area contributed by atoms with E-state index in [1.807, 2.05) is 36.4 Å². The zero-order valence-electron chi connectivity index (χ0n) is 17.5. The molecule has 0 unspecified atom stereocenters. The minimum absolute atomic E-state index is 0.311. The lowest BCUT2D eigenvalue weighted by Gasteiger charge is -2.11. The molecule has 2 N–H and O–H groups in total. The van der Waals surface area contributed by atoms with Gasteiger partial charge in [-0.2, -0.15) is 5.10 Å². The molecule has 32 heavy (non-hydrogen) atoms. The number of fused-ring (bicyclic) bond motifs is 1. The van der Waals surface area contributed by atoms with Crippen LogP contribution in [0.3, 0.4) is 0 Å². The molecule has 0 spiro atoms. The number of benzene rings is 3. The number of hydrogen-bond acceptors (Lipinski definition) is 4. The van der Waals surface area contributed by atoms with Crippen molar-refractivity contribution in [2.75, 3.05) is 11.9 Å². The molecule has 3 aromatic carbocycles. The number of halogens is 2. The SMILES string of the molecule is CCCCOc1ccc2ccccc2c1C=NNC(=O)CC(=O)Nc1ccc(Cl)c(Cl)c1. The molecule has 2 amide bonds. The highest BCUT2D eigenvalue weighted by Crippen LogP contribution is 2.27. The molecule has 166 valence electrons. The molecule has 3 aromatic rings. The summed E-state index contributed by atoms with van der Waals surface area (Å²) in [6.07, 6.45) is 3.11. The van der Waals surface area contributed by atoms with Gasteiger partial charge in [0, 0.05) is 11.3 Å². The average molecular weight is 472 g/mol. The van der Waals surface area contributed by atoms with Crippen LogP contribution in [0.2, 0.25) is 10.0 Å². The number of carbonyl (C=O) groups is 2. The number of hydrazone groups is 1. The topological polar surface area (TPSA) is 79.8 Å². The lowest BCUT2D eigenvalue weighted by atomic mass is 10.0. The number of rotatable bonds is 9. The number of carbonyl (C=O) groups excluding carboxylic acids is 2. The van der Waals surface area contributed by atoms with E-state index in [9.17, 15) is 9.59 Å². The summed E-state index contributed by atoms with van der Waals surface area (Å²) < 4.78 is 5.90. The predicted octanol–water partition coefficient (Wildman–Crippen LogP) is 5.80. The quantitative estimate of drug-likeness (QED) is 0.179. The molecule has 0 saturated carbocycles. The Labute approximate surface area is 196 Å². The lowest BCUT2D eigenvalue weighted by Crippen LogP contribution is -2.24. The molecule has 0 atom stereocenters. The molecule has 3 rings (SSSR count). The van der Waals surface area contributed by atoms with Crippen LogP contribution >= 0.6 is 23.2 Å². The van der Waals surface area contributed by atoms with Crippen LogP contribution in [0.5, 0.6) is 5.75 Å². The average Bonchev–Trinajstić information content (AvgIpc) is 2.77. The van der Waals surface area contributed by atoms with Crippen LogP contribution in [0.4, 0.5) is 5.69 Å². The van der Waals surface area contributed by atoms with Crippen LogP contribution in [-0.2, 0) is 9.59 Å². The third-order valence-electron chi connectivity index (χ3n) is 4.59. The standard InChI is InChI=1S/C24H23Cl2N3O3/c1-2-3-12-32-22-11-8-16-6-4-5-7-18(16)19(22)15-27-29-24(31)14-23(30)28-17-9-10-20(25)21(26)13-17/h4-11,13,15H,2-3,12,14H2,1H3,(H,28,30)(H,29,31). The maximum atomic E-state index is 12.2. The second-order valence-electron chi connectivity index (χ2n) is 7.05. The van der Waals surface area contributed by atoms with E-state index in [4.69, 9.17) is 27.9 Å². The summed E-state index contributed by atoms with van der Waals surface area (Å²) in [5, 5.41) is 9.32. The highest BCUT2D eigenvalue weighted by atomic mass is 35.5. The van der Waals surface area contributed by atoms with E-state index in [2.05, 4.69) is 22.8 Å². The normalized spacial score (nSPS) is 11.0. The van der Waals surface area contributed by atoms with Crippen molar-refractivity contribution in [1.82, 2.24) is 5.43 Å². The Kier molecular flexibility index (Phi) is 8.48. The summed E-state index contributed by atoms with van der Waals surface area (Å²) in [4.78, 5) is 24.3. The van der Waals surface area contributed by atoms with Crippen LogP contribution in [-0.4, -0.2) is 24.6 Å². The van der Waals surface area contributed by atoms with Gasteiger partial charge in [0.1, 0.15) is 12.2 Å². The maximum absolute atomic E-state index is 12.2. The van der Waals surface area contributed by atoms with E-state index in [1.54, 1.807) is 18.3 Å². The number of nitrogens with one attached hydrogen (secondary N) is 2. The molecule has 0 fully saturated rings. The minimum atomic E-state index is -0.549. The molecule has 0 heterocycles. The van der Waals surface area contributed by atoms with Crippen LogP contribution < -0.4 is 15.5 Å². The van der Waals surface area contributed by atoms with Crippen molar-refractivity contribution in [1.29, 1.82) is 0 Å². The second kappa shape index (κ2) is 11.5. The Balaban J connectivity index is 1.65. The summed E-state index contributed by atoms with van der Waals surface area (Å²) >= 11 is 11.8. The smallest absolute Gasteiger partial charge is 0.249 e. The summed E-state index contributed by atoms with van der Waals surface area (Å²) in [6, 6.07) is 16.4. The number of ether oxygens (including phenoxy) is 1. The third kappa shape index (κ3) is 6.45. The van der Waals surface area contributed by atoms with Gasteiger partial charge in [-0.3, -0.25) is 9.59 Å². The van der Waals surface area contributed by atoms with Crippen molar-refractivity contribution >= 4 is 57.7 Å². The zero-order chi connectivity index (χ0) is 22.9. The van der Waals surface area contributed by atoms with E-state index in [-0.39, 0.29) is 0 Å². The lowest BCUT2D eigenvalue weighted by molar-refractivity contribution is -0.126. The fourth-order valence-electron chi connectivity index (χ4n) is 2.99. The summed E-state index contributed by atoms with van der Waals surface area (Å²) in [5.74, 6) is -0.357. The highest BCUT2D eigenvalue weighted by molar-refractivity contribution is 6.42. The molecule has 0 aliphatic rings. The predicted molar refractivity (Wildman–Crippen MR) is 130 cm³/mol. The van der Waals surface area contributed by atoms with Gasteiger partial charge in [0.05, 0.1) is 22.9 Å². The maximum Gasteiger partial charge on any atom is 0.249 e. The van der Waals surface area contributed by atoms with Gasteiger partial charge in [-0.15, -0.1) is 0 Å². The fourth-order valence-corrected chi connectivity index (χ4v) is 3.29. The van der Waals surface area contributed by atoms with Gasteiger partial charge in [-0.05, 0) is 41.5 Å². The molecule has 0 aliphatic carbocycles. The molecule has 0 aliphatic heterocycles. The van der Waals surface area contributed by atoms with Crippen LogP contribution in [0.1, 0.15) is 31.7 Å². The molecular formula is C24H23Cl2N3O3. The molecule has 0 aromatic heterocycles. The molecule has 6 nitrogen and oxygen atoms in total. The number of nitrogens with zero attached hydrogens (tertiary/aromatic N) is 1. The zero-order valence-corrected chi connectivity index (χ0v) is 19.0. The Bertz CT molecular complexity index is 1150. The molecule has 0 radical (unpaired) electrons. The summed E-state index contributed by atoms with van der Waals surface area (Å²) in [6.45, 7) is 2.69. The van der Waals surface area contributed by atoms with Gasteiger partial charge in [-0.1, -0.05) is 66.9 Å². The Morgan fingerprint density at radius 1 is 1.03 bits per heavy atom. The first-order valence-corrected chi connectivity index (χ1v) is 10.9. The van der Waals surface area contributed by atoms with Gasteiger partial charge in [0.2, 0.25) is 11.8 Å². The molecule has 0 saturated heterocycles. The van der Waals surface area contributed by atoms with E-state index in [0.29, 0.717) is 28.1 Å². The Hall–Kier alpha value is -3.09. The largest absolute Gasteiger partial charge is 0.493 e. The Morgan fingerprint density at radius 3 is 2.62 bits per heavy atom. The van der Waals surface area contributed by atoms with Crippen LogP contribution in [0, 0.1) is 0 Å². The van der Waals surface area contributed by atoms with Crippen molar-refractivity contribution in [2.45, 2.75) is 26.2 Å². The fraction of sp³-hybridized carbons (Fsp3) is 0.208. The van der Waals surface area contributed by atoms with Gasteiger partial charge < -0.3 is 10.1 Å². The number of unbranched alkanes of at least 4 members (excludes halogenated alkanes) is 1. The van der Waals surface area contributed by atoms with Crippen molar-refractivity contribution in [3.05, 3.63) is 70.2 Å². The van der Waals surface area contributed by atoms with Gasteiger partial charge in [0.15, 0.2) is 0 Å². The van der Waals surface area contributed by atoms with Crippen molar-refractivity contribution in [2.24, 2.45) is 5.10 Å². The summed E-state index contributed by atoms with van der Waals surface area (Å²) in [5.41, 5.74) is 3.61. The third-order valence-corrected chi connectivity index (χ3v) is 5.33. The van der Waals surface area contributed by atoms with Crippen molar-refractivity contribution < 1.29 is 14.3 Å². The van der Waals surface area contributed by atoms with E-state index in [1.165, 1.54) is 6.07 Å². The Morgan fingerprint density at radius 2 is 1.84 bits per heavy atom. The highest BCUT2D eigenvalue weighted by Gasteiger charge is 2.11.